The lowest BCUT2D eigenvalue weighted by molar-refractivity contribution is -0.116. The van der Waals surface area contributed by atoms with Crippen LogP contribution in [-0.2, 0) is 17.6 Å². The second-order valence-electron chi connectivity index (χ2n) is 7.78. The van der Waals surface area contributed by atoms with Gasteiger partial charge in [0.1, 0.15) is 0 Å². The summed E-state index contributed by atoms with van der Waals surface area (Å²) in [5.74, 6) is -0.0292. The quantitative estimate of drug-likeness (QED) is 0.350. The van der Waals surface area contributed by atoms with Gasteiger partial charge in [-0.3, -0.25) is 4.79 Å². The molecule has 0 saturated carbocycles. The molecule has 1 amide bonds. The zero-order valence-electron chi connectivity index (χ0n) is 18.7. The molecule has 1 N–H and O–H groups in total. The number of rotatable bonds is 8. The van der Waals surface area contributed by atoms with E-state index in [2.05, 4.69) is 5.32 Å². The highest BCUT2D eigenvalue weighted by Gasteiger charge is 2.22. The maximum absolute atomic E-state index is 14.4. The normalized spacial score (nSPS) is 10.8. The topological polar surface area (TPSA) is 56.2 Å². The van der Waals surface area contributed by atoms with Crippen molar-refractivity contribution in [2.75, 3.05) is 5.32 Å². The minimum atomic E-state index is -0.459. The Morgan fingerprint density at radius 2 is 1.70 bits per heavy atom. The van der Waals surface area contributed by atoms with Crippen molar-refractivity contribution in [2.45, 2.75) is 33.1 Å². The fraction of sp³-hybridized carbons (Fsp3) is 0.185. The number of hydrogen-bond donors (Lipinski definition) is 1. The highest BCUT2D eigenvalue weighted by molar-refractivity contribution is 5.90. The van der Waals surface area contributed by atoms with Crippen LogP contribution in [0.25, 0.3) is 5.69 Å². The third-order valence-electron chi connectivity index (χ3n) is 5.34. The molecule has 0 aliphatic heterocycles. The Balaban J connectivity index is 1.64. The summed E-state index contributed by atoms with van der Waals surface area (Å²) in [7, 11) is 0. The molecule has 0 unspecified atom stereocenters. The number of anilines is 1. The van der Waals surface area contributed by atoms with Gasteiger partial charge in [-0.2, -0.15) is 5.10 Å². The molecule has 6 heteroatoms. The molecule has 0 bridgehead atoms. The van der Waals surface area contributed by atoms with Crippen molar-refractivity contribution < 1.29 is 13.9 Å². The van der Waals surface area contributed by atoms with Gasteiger partial charge >= 0.3 is 0 Å². The van der Waals surface area contributed by atoms with Crippen LogP contribution in [0, 0.1) is 12.7 Å². The number of nitrogens with one attached hydrogen (secondary N) is 1. The van der Waals surface area contributed by atoms with E-state index in [0.29, 0.717) is 18.7 Å². The van der Waals surface area contributed by atoms with Crippen LogP contribution in [0.4, 0.5) is 10.1 Å². The smallest absolute Gasteiger partial charge is 0.226 e. The Morgan fingerprint density at radius 3 is 2.39 bits per heavy atom. The highest BCUT2D eigenvalue weighted by atomic mass is 19.1. The van der Waals surface area contributed by atoms with E-state index in [1.807, 2.05) is 68.4 Å². The van der Waals surface area contributed by atoms with Crippen molar-refractivity contribution in [3.8, 4) is 17.3 Å². The summed E-state index contributed by atoms with van der Waals surface area (Å²) >= 11 is 0. The van der Waals surface area contributed by atoms with Crippen molar-refractivity contribution in [1.29, 1.82) is 0 Å². The predicted molar refractivity (Wildman–Crippen MR) is 128 cm³/mol. The molecule has 0 atom stereocenters. The van der Waals surface area contributed by atoms with Crippen molar-refractivity contribution in [3.05, 3.63) is 102 Å². The molecule has 4 rings (SSSR count). The maximum Gasteiger partial charge on any atom is 0.226 e. The molecule has 3 aromatic carbocycles. The third kappa shape index (κ3) is 5.29. The average Bonchev–Trinajstić information content (AvgIpc) is 3.18. The van der Waals surface area contributed by atoms with Crippen LogP contribution in [0.5, 0.6) is 11.6 Å². The van der Waals surface area contributed by atoms with Gasteiger partial charge in [0.15, 0.2) is 11.6 Å². The largest absolute Gasteiger partial charge is 0.436 e. The number of amides is 1. The Bertz CT molecular complexity index is 1230. The third-order valence-corrected chi connectivity index (χ3v) is 5.34. The summed E-state index contributed by atoms with van der Waals surface area (Å²) in [6.45, 7) is 4.00. The molecule has 0 radical (unpaired) electrons. The Hall–Kier alpha value is -3.93. The highest BCUT2D eigenvalue weighted by Crippen LogP contribution is 2.33. The molecular formula is C27H26FN3O2. The molecule has 33 heavy (non-hydrogen) atoms. The van der Waals surface area contributed by atoms with Gasteiger partial charge in [0, 0.05) is 17.7 Å². The molecule has 0 aliphatic carbocycles. The lowest BCUT2D eigenvalue weighted by Crippen LogP contribution is -2.12. The molecule has 0 fully saturated rings. The number of carbonyl (C=O) groups excluding carboxylic acids is 1. The van der Waals surface area contributed by atoms with Crippen molar-refractivity contribution in [3.63, 3.8) is 0 Å². The van der Waals surface area contributed by atoms with Gasteiger partial charge < -0.3 is 10.1 Å². The van der Waals surface area contributed by atoms with E-state index < -0.39 is 5.82 Å². The first-order valence-electron chi connectivity index (χ1n) is 11.0. The number of aromatic nitrogens is 2. The first-order valence-corrected chi connectivity index (χ1v) is 11.0. The molecule has 0 aliphatic rings. The molecule has 1 aromatic heterocycles. The fourth-order valence-electron chi connectivity index (χ4n) is 3.59. The van der Waals surface area contributed by atoms with E-state index >= 15 is 0 Å². The van der Waals surface area contributed by atoms with E-state index in [-0.39, 0.29) is 18.1 Å². The van der Waals surface area contributed by atoms with Crippen molar-refractivity contribution >= 4 is 11.6 Å². The van der Waals surface area contributed by atoms with E-state index in [0.717, 1.165) is 28.2 Å². The number of ether oxygens (including phenoxy) is 1. The van der Waals surface area contributed by atoms with Gasteiger partial charge in [-0.1, -0.05) is 55.0 Å². The summed E-state index contributed by atoms with van der Waals surface area (Å²) in [6.07, 6.45) is 1.31. The van der Waals surface area contributed by atoms with Crippen LogP contribution in [0.2, 0.25) is 0 Å². The van der Waals surface area contributed by atoms with Gasteiger partial charge in [-0.15, -0.1) is 0 Å². The Morgan fingerprint density at radius 1 is 1.00 bits per heavy atom. The maximum atomic E-state index is 14.4. The SMILES string of the molecule is CCc1nn(-c2ccccc2)c(Oc2ccccc2F)c1CCC(=O)Nc1ccc(C)cc1. The van der Waals surface area contributed by atoms with Crippen LogP contribution in [0.3, 0.4) is 0 Å². The van der Waals surface area contributed by atoms with Crippen LogP contribution >= 0.6 is 0 Å². The summed E-state index contributed by atoms with van der Waals surface area (Å²) in [5.41, 5.74) is 4.29. The first-order chi connectivity index (χ1) is 16.0. The lowest BCUT2D eigenvalue weighted by atomic mass is 10.1. The zero-order chi connectivity index (χ0) is 23.2. The van der Waals surface area contributed by atoms with Crippen LogP contribution in [-0.4, -0.2) is 15.7 Å². The molecule has 5 nitrogen and oxygen atoms in total. The van der Waals surface area contributed by atoms with E-state index in [1.54, 1.807) is 22.9 Å². The van der Waals surface area contributed by atoms with Gasteiger partial charge in [-0.05, 0) is 56.2 Å². The van der Waals surface area contributed by atoms with E-state index in [9.17, 15) is 9.18 Å². The molecule has 1 heterocycles. The summed E-state index contributed by atoms with van der Waals surface area (Å²) in [4.78, 5) is 12.6. The van der Waals surface area contributed by atoms with Crippen LogP contribution in [0.1, 0.15) is 30.2 Å². The minimum Gasteiger partial charge on any atom is -0.436 e. The van der Waals surface area contributed by atoms with E-state index in [4.69, 9.17) is 9.84 Å². The number of para-hydroxylation sites is 2. The van der Waals surface area contributed by atoms with Gasteiger partial charge in [0.2, 0.25) is 11.8 Å². The number of aryl methyl sites for hydroxylation is 2. The molecule has 0 saturated heterocycles. The number of benzene rings is 3. The monoisotopic (exact) mass is 443 g/mol. The number of nitrogens with zero attached hydrogens (tertiary/aromatic N) is 2. The summed E-state index contributed by atoms with van der Waals surface area (Å²) < 4.78 is 22.1. The minimum absolute atomic E-state index is 0.106. The number of carbonyl (C=O) groups is 1. The second-order valence-corrected chi connectivity index (χ2v) is 7.78. The number of halogens is 1. The first kappa shape index (κ1) is 22.3. The van der Waals surface area contributed by atoms with Gasteiger partial charge in [-0.25, -0.2) is 9.07 Å². The van der Waals surface area contributed by atoms with E-state index in [1.165, 1.54) is 6.07 Å². The fourth-order valence-corrected chi connectivity index (χ4v) is 3.59. The average molecular weight is 444 g/mol. The van der Waals surface area contributed by atoms with Crippen LogP contribution in [0.15, 0.2) is 78.9 Å². The lowest BCUT2D eigenvalue weighted by Gasteiger charge is -2.12. The van der Waals surface area contributed by atoms with Gasteiger partial charge in [0.25, 0.3) is 0 Å². The van der Waals surface area contributed by atoms with Crippen molar-refractivity contribution in [2.24, 2.45) is 0 Å². The molecule has 0 spiro atoms. The summed E-state index contributed by atoms with van der Waals surface area (Å²) in [6, 6.07) is 23.5. The zero-order valence-corrected chi connectivity index (χ0v) is 18.7. The second kappa shape index (κ2) is 10.1. The van der Waals surface area contributed by atoms with Crippen LogP contribution < -0.4 is 10.1 Å². The van der Waals surface area contributed by atoms with Gasteiger partial charge in [0.05, 0.1) is 11.4 Å². The molecule has 4 aromatic rings. The summed E-state index contributed by atoms with van der Waals surface area (Å²) in [5, 5.41) is 7.66. The molecular weight excluding hydrogens is 417 g/mol. The molecule has 168 valence electrons. The Kier molecular flexibility index (Phi) is 6.83. The standard InChI is InChI=1S/C27H26FN3O2/c1-3-24-22(17-18-26(32)29-20-15-13-19(2)14-16-20)27(33-25-12-8-7-11-23(25)28)31(30-24)21-9-5-4-6-10-21/h4-16H,3,17-18H2,1-2H3,(H,29,32). The van der Waals surface area contributed by atoms with Crippen molar-refractivity contribution in [1.82, 2.24) is 9.78 Å². The number of hydrogen-bond acceptors (Lipinski definition) is 3. The predicted octanol–water partition coefficient (Wildman–Crippen LogP) is 6.25. The Labute approximate surface area is 192 Å².